The molecule has 1 aliphatic heterocycles. The smallest absolute Gasteiger partial charge is 0.274 e. The van der Waals surface area contributed by atoms with Gasteiger partial charge in [-0.15, -0.1) is 0 Å². The van der Waals surface area contributed by atoms with Crippen LogP contribution < -0.4 is 15.5 Å². The summed E-state index contributed by atoms with van der Waals surface area (Å²) in [5, 5.41) is 21.3. The molecule has 6 nitrogen and oxygen atoms in total. The second kappa shape index (κ2) is 7.30. The zero-order chi connectivity index (χ0) is 19.7. The van der Waals surface area contributed by atoms with Crippen LogP contribution in [0, 0.1) is 5.82 Å². The van der Waals surface area contributed by atoms with Crippen molar-refractivity contribution in [3.63, 3.8) is 0 Å². The number of amides is 1. The van der Waals surface area contributed by atoms with Crippen LogP contribution in [0.4, 0.5) is 10.1 Å². The van der Waals surface area contributed by atoms with Crippen molar-refractivity contribution in [1.29, 1.82) is 0 Å². The average Bonchev–Trinajstić information content (AvgIpc) is 3.15. The summed E-state index contributed by atoms with van der Waals surface area (Å²) in [5.41, 5.74) is 4.79. The number of fused-ring (bicyclic) bond motifs is 1. The minimum absolute atomic E-state index is 0.133. The number of carbonyl (C=O) groups excluding carboxylic acids is 1. The van der Waals surface area contributed by atoms with Gasteiger partial charge in [0.1, 0.15) is 11.6 Å². The van der Waals surface area contributed by atoms with Gasteiger partial charge in [0, 0.05) is 11.1 Å². The van der Waals surface area contributed by atoms with Crippen molar-refractivity contribution in [2.45, 2.75) is 12.8 Å². The van der Waals surface area contributed by atoms with Crippen molar-refractivity contribution < 1.29 is 24.2 Å². The highest BCUT2D eigenvalue weighted by Crippen LogP contribution is 2.39. The quantitative estimate of drug-likeness (QED) is 0.410. The van der Waals surface area contributed by atoms with Gasteiger partial charge in [0.15, 0.2) is 6.23 Å². The molecule has 4 rings (SSSR count). The summed E-state index contributed by atoms with van der Waals surface area (Å²) in [4.78, 5) is 11.5. The Morgan fingerprint density at radius 3 is 2.71 bits per heavy atom. The van der Waals surface area contributed by atoms with E-state index in [0.717, 1.165) is 5.56 Å². The number of aliphatic hydroxyl groups is 1. The Morgan fingerprint density at radius 1 is 1.14 bits per heavy atom. The van der Waals surface area contributed by atoms with Gasteiger partial charge in [-0.05, 0) is 47.0 Å². The number of hydrogen-bond donors (Lipinski definition) is 4. The molecule has 0 fully saturated rings. The maximum atomic E-state index is 14.8. The van der Waals surface area contributed by atoms with Gasteiger partial charge in [-0.1, -0.05) is 30.3 Å². The minimum Gasteiger partial charge on any atom is -0.464 e. The highest BCUT2D eigenvalue weighted by Gasteiger charge is 2.27. The number of ether oxygens (including phenoxy) is 1. The molecule has 1 amide bonds. The minimum atomic E-state index is -0.746. The lowest BCUT2D eigenvalue weighted by atomic mass is 9.98. The fraction of sp³-hybridized carbons (Fsp3) is 0.0952. The molecule has 28 heavy (non-hydrogen) atoms. The second-order valence-corrected chi connectivity index (χ2v) is 6.35. The number of halogens is 1. The highest BCUT2D eigenvalue weighted by molar-refractivity contribution is 5.95. The molecule has 0 radical (unpaired) electrons. The van der Waals surface area contributed by atoms with Gasteiger partial charge in [0.25, 0.3) is 5.91 Å². The van der Waals surface area contributed by atoms with Crippen molar-refractivity contribution in [3.05, 3.63) is 83.2 Å². The van der Waals surface area contributed by atoms with Crippen molar-refractivity contribution in [1.82, 2.24) is 5.48 Å². The third-order valence-electron chi connectivity index (χ3n) is 4.66. The van der Waals surface area contributed by atoms with E-state index in [-0.39, 0.29) is 12.2 Å². The predicted molar refractivity (Wildman–Crippen MR) is 100 cm³/mol. The molecule has 0 aliphatic carbocycles. The molecule has 0 bridgehead atoms. The van der Waals surface area contributed by atoms with Crippen LogP contribution in [0.5, 0.6) is 5.75 Å². The summed E-state index contributed by atoms with van der Waals surface area (Å²) in [6, 6.07) is 16.7. The average molecular weight is 380 g/mol. The fourth-order valence-corrected chi connectivity index (χ4v) is 3.24. The van der Waals surface area contributed by atoms with Crippen molar-refractivity contribution in [2.24, 2.45) is 0 Å². The first-order valence-corrected chi connectivity index (χ1v) is 8.61. The summed E-state index contributed by atoms with van der Waals surface area (Å²) < 4.78 is 20.6. The summed E-state index contributed by atoms with van der Waals surface area (Å²) in [7, 11) is 0. The van der Waals surface area contributed by atoms with E-state index in [2.05, 4.69) is 5.32 Å². The van der Waals surface area contributed by atoms with Crippen LogP contribution in [0.15, 0.2) is 60.7 Å². The lowest BCUT2D eigenvalue weighted by Gasteiger charge is -2.14. The third-order valence-corrected chi connectivity index (χ3v) is 4.66. The summed E-state index contributed by atoms with van der Waals surface area (Å²) in [5.74, 6) is -0.622. The van der Waals surface area contributed by atoms with Crippen LogP contribution in [-0.4, -0.2) is 16.2 Å². The Kier molecular flexibility index (Phi) is 4.68. The van der Waals surface area contributed by atoms with E-state index >= 15 is 0 Å². The maximum Gasteiger partial charge on any atom is 0.274 e. The third kappa shape index (κ3) is 3.17. The number of aliphatic hydroxyl groups excluding tert-OH is 1. The van der Waals surface area contributed by atoms with E-state index in [1.165, 1.54) is 18.2 Å². The van der Waals surface area contributed by atoms with Crippen molar-refractivity contribution >= 4 is 11.6 Å². The van der Waals surface area contributed by atoms with Gasteiger partial charge < -0.3 is 15.2 Å². The molecule has 142 valence electrons. The molecule has 0 saturated heterocycles. The molecule has 3 aromatic carbocycles. The van der Waals surface area contributed by atoms with E-state index in [0.29, 0.717) is 28.1 Å². The van der Waals surface area contributed by atoms with Gasteiger partial charge in [-0.2, -0.15) is 0 Å². The van der Waals surface area contributed by atoms with Gasteiger partial charge >= 0.3 is 0 Å². The van der Waals surface area contributed by atoms with E-state index in [9.17, 15) is 14.3 Å². The molecule has 0 spiro atoms. The lowest BCUT2D eigenvalue weighted by Crippen LogP contribution is -2.18. The molecule has 4 N–H and O–H groups in total. The Balaban J connectivity index is 1.61. The van der Waals surface area contributed by atoms with Crippen LogP contribution in [0.2, 0.25) is 0 Å². The maximum absolute atomic E-state index is 14.8. The van der Waals surface area contributed by atoms with Crippen LogP contribution >= 0.6 is 0 Å². The molecule has 1 heterocycles. The zero-order valence-electron chi connectivity index (χ0n) is 14.6. The first-order valence-electron chi connectivity index (χ1n) is 8.61. The van der Waals surface area contributed by atoms with Gasteiger partial charge in [-0.25, -0.2) is 9.87 Å². The standard InChI is InChI=1S/C21H17FN2O4/c22-17-9-12(15-4-2-1-3-14(15)11-25)5-7-16(17)21-23-18-10-13(20(26)24-27)6-8-19(18)28-21/h1-10,21,23,25,27H,11H2,(H,24,26). The number of hydrogen-bond acceptors (Lipinski definition) is 5. The molecule has 0 saturated carbocycles. The Labute approximate surface area is 160 Å². The van der Waals surface area contributed by atoms with Crippen LogP contribution in [0.25, 0.3) is 11.1 Å². The van der Waals surface area contributed by atoms with Gasteiger partial charge in [-0.3, -0.25) is 10.0 Å². The topological polar surface area (TPSA) is 90.8 Å². The van der Waals surface area contributed by atoms with Gasteiger partial charge in [0.05, 0.1) is 12.3 Å². The predicted octanol–water partition coefficient (Wildman–Crippen LogP) is 3.61. The fourth-order valence-electron chi connectivity index (χ4n) is 3.24. The van der Waals surface area contributed by atoms with E-state index < -0.39 is 18.0 Å². The summed E-state index contributed by atoms with van der Waals surface area (Å²) >= 11 is 0. The molecule has 1 atom stereocenters. The first kappa shape index (κ1) is 18.0. The monoisotopic (exact) mass is 380 g/mol. The van der Waals surface area contributed by atoms with E-state index in [1.807, 2.05) is 18.2 Å². The van der Waals surface area contributed by atoms with Crippen molar-refractivity contribution in [2.75, 3.05) is 5.32 Å². The molecule has 3 aromatic rings. The second-order valence-electron chi connectivity index (χ2n) is 6.35. The number of rotatable bonds is 4. The number of benzene rings is 3. The zero-order valence-corrected chi connectivity index (χ0v) is 14.6. The molecular weight excluding hydrogens is 363 g/mol. The summed E-state index contributed by atoms with van der Waals surface area (Å²) in [6.07, 6.45) is -0.746. The lowest BCUT2D eigenvalue weighted by molar-refractivity contribution is 0.0706. The summed E-state index contributed by atoms with van der Waals surface area (Å²) in [6.45, 7) is -0.133. The van der Waals surface area contributed by atoms with Crippen LogP contribution in [-0.2, 0) is 6.61 Å². The molecule has 1 unspecified atom stereocenters. The van der Waals surface area contributed by atoms with Gasteiger partial charge in [0.2, 0.25) is 0 Å². The number of nitrogens with one attached hydrogen (secondary N) is 2. The van der Waals surface area contributed by atoms with Crippen LogP contribution in [0.3, 0.4) is 0 Å². The largest absolute Gasteiger partial charge is 0.464 e. The Morgan fingerprint density at radius 2 is 1.96 bits per heavy atom. The Hall–Kier alpha value is -3.42. The normalized spacial score (nSPS) is 14.8. The molecule has 7 heteroatoms. The number of carbonyl (C=O) groups is 1. The molecular formula is C21H17FN2O4. The SMILES string of the molecule is O=C(NO)c1ccc2c(c1)NC(c1ccc(-c3ccccc3CO)cc1F)O2. The first-order chi connectivity index (χ1) is 13.6. The number of anilines is 1. The van der Waals surface area contributed by atoms with E-state index in [4.69, 9.17) is 9.94 Å². The molecule has 0 aromatic heterocycles. The van der Waals surface area contributed by atoms with Crippen LogP contribution in [0.1, 0.15) is 27.7 Å². The number of hydroxylamine groups is 1. The Bertz CT molecular complexity index is 1050. The highest BCUT2D eigenvalue weighted by atomic mass is 19.1. The van der Waals surface area contributed by atoms with E-state index in [1.54, 1.807) is 29.7 Å². The molecule has 1 aliphatic rings. The van der Waals surface area contributed by atoms with Crippen molar-refractivity contribution in [3.8, 4) is 16.9 Å².